The van der Waals surface area contributed by atoms with Crippen LogP contribution in [0.2, 0.25) is 0 Å². The van der Waals surface area contributed by atoms with E-state index in [9.17, 15) is 8.42 Å². The summed E-state index contributed by atoms with van der Waals surface area (Å²) in [4.78, 5) is 6.66. The van der Waals surface area contributed by atoms with Gasteiger partial charge in [-0.3, -0.25) is 4.99 Å². The molecule has 25 heavy (non-hydrogen) atoms. The Balaban J connectivity index is 1.99. The first-order valence-corrected chi connectivity index (χ1v) is 10.4. The lowest BCUT2D eigenvalue weighted by Crippen LogP contribution is -2.38. The highest BCUT2D eigenvalue weighted by Gasteiger charge is 2.09. The molecule has 0 unspecified atom stereocenters. The maximum absolute atomic E-state index is 11.5. The van der Waals surface area contributed by atoms with E-state index in [0.29, 0.717) is 18.0 Å². The van der Waals surface area contributed by atoms with Crippen molar-refractivity contribution in [2.24, 2.45) is 4.99 Å². The first kappa shape index (κ1) is 19.5. The average molecular weight is 424 g/mol. The quantitative estimate of drug-likeness (QED) is 0.592. The number of nitrogens with zero attached hydrogens (tertiary/aromatic N) is 2. The normalized spacial score (nSPS) is 12.1. The number of rotatable bonds is 5. The number of guanidine groups is 1. The van der Waals surface area contributed by atoms with E-state index in [1.54, 1.807) is 19.2 Å². The van der Waals surface area contributed by atoms with Crippen LogP contribution in [0.4, 0.5) is 0 Å². The molecule has 0 spiro atoms. The Morgan fingerprint density at radius 3 is 2.36 bits per heavy atom. The van der Waals surface area contributed by atoms with Crippen LogP contribution in [0.5, 0.6) is 0 Å². The van der Waals surface area contributed by atoms with Gasteiger partial charge in [-0.15, -0.1) is 0 Å². The Morgan fingerprint density at radius 1 is 1.16 bits per heavy atom. The number of hydrogen-bond donors (Lipinski definition) is 1. The molecule has 0 saturated carbocycles. The van der Waals surface area contributed by atoms with E-state index < -0.39 is 9.84 Å². The van der Waals surface area contributed by atoms with Crippen molar-refractivity contribution in [1.82, 2.24) is 10.2 Å². The molecule has 134 valence electrons. The Kier molecular flexibility index (Phi) is 6.61. The smallest absolute Gasteiger partial charge is 0.193 e. The molecule has 0 saturated heterocycles. The molecule has 0 heterocycles. The Morgan fingerprint density at radius 2 is 1.80 bits per heavy atom. The molecule has 2 rings (SSSR count). The van der Waals surface area contributed by atoms with Gasteiger partial charge in [0.25, 0.3) is 0 Å². The lowest BCUT2D eigenvalue weighted by Gasteiger charge is -2.22. The molecule has 0 amide bonds. The zero-order chi connectivity index (χ0) is 18.4. The fraction of sp³-hybridized carbons (Fsp3) is 0.278. The van der Waals surface area contributed by atoms with Crippen molar-refractivity contribution < 1.29 is 8.42 Å². The van der Waals surface area contributed by atoms with Gasteiger partial charge >= 0.3 is 0 Å². The minimum absolute atomic E-state index is 0.326. The summed E-state index contributed by atoms with van der Waals surface area (Å²) in [6.45, 7) is 1.28. The summed E-state index contributed by atoms with van der Waals surface area (Å²) in [5.41, 5.74) is 2.16. The van der Waals surface area contributed by atoms with E-state index >= 15 is 0 Å². The van der Waals surface area contributed by atoms with Crippen molar-refractivity contribution >= 4 is 31.7 Å². The molecule has 7 heteroatoms. The van der Waals surface area contributed by atoms with E-state index in [1.807, 2.05) is 42.3 Å². The zero-order valence-corrected chi connectivity index (χ0v) is 16.9. The third-order valence-electron chi connectivity index (χ3n) is 3.74. The Bertz CT molecular complexity index is 849. The fourth-order valence-electron chi connectivity index (χ4n) is 2.38. The number of halogens is 1. The van der Waals surface area contributed by atoms with Crippen LogP contribution in [0.1, 0.15) is 11.1 Å². The first-order valence-electron chi connectivity index (χ1n) is 7.75. The highest BCUT2D eigenvalue weighted by Crippen LogP contribution is 2.17. The second-order valence-electron chi connectivity index (χ2n) is 5.76. The molecule has 0 aromatic heterocycles. The molecular formula is C18H22BrN3O2S. The second kappa shape index (κ2) is 8.49. The fourth-order valence-corrected chi connectivity index (χ4v) is 3.42. The lowest BCUT2D eigenvalue weighted by molar-refractivity contribution is 0.475. The standard InChI is InChI=1S/C18H22BrN3O2S/c1-20-18(22(2)13-15-6-4-5-7-17(15)19)21-12-14-8-10-16(11-9-14)25(3,23)24/h4-11H,12-13H2,1-3H3,(H,20,21). The van der Waals surface area contributed by atoms with E-state index in [1.165, 1.54) is 11.8 Å². The highest BCUT2D eigenvalue weighted by atomic mass is 79.9. The van der Waals surface area contributed by atoms with Crippen molar-refractivity contribution in [2.75, 3.05) is 20.4 Å². The van der Waals surface area contributed by atoms with Crippen molar-refractivity contribution in [2.45, 2.75) is 18.0 Å². The van der Waals surface area contributed by atoms with E-state index in [-0.39, 0.29) is 0 Å². The second-order valence-corrected chi connectivity index (χ2v) is 8.63. The molecular weight excluding hydrogens is 402 g/mol. The lowest BCUT2D eigenvalue weighted by atomic mass is 10.2. The van der Waals surface area contributed by atoms with Crippen molar-refractivity contribution in [3.05, 3.63) is 64.1 Å². The monoisotopic (exact) mass is 423 g/mol. The van der Waals surface area contributed by atoms with Crippen LogP contribution < -0.4 is 5.32 Å². The molecule has 0 aliphatic carbocycles. The predicted octanol–water partition coefficient (Wildman–Crippen LogP) is 3.06. The van der Waals surface area contributed by atoms with Crippen molar-refractivity contribution in [3.8, 4) is 0 Å². The summed E-state index contributed by atoms with van der Waals surface area (Å²) in [7, 11) is 0.551. The van der Waals surface area contributed by atoms with Crippen LogP contribution in [0.25, 0.3) is 0 Å². The van der Waals surface area contributed by atoms with E-state index in [2.05, 4.69) is 32.3 Å². The third-order valence-corrected chi connectivity index (χ3v) is 5.64. The van der Waals surface area contributed by atoms with Gasteiger partial charge in [-0.2, -0.15) is 0 Å². The number of aliphatic imine (C=N–C) groups is 1. The summed E-state index contributed by atoms with van der Waals surface area (Å²) in [5, 5.41) is 3.29. The number of nitrogens with one attached hydrogen (secondary N) is 1. The summed E-state index contributed by atoms with van der Waals surface area (Å²) >= 11 is 3.56. The summed E-state index contributed by atoms with van der Waals surface area (Å²) in [5.74, 6) is 0.767. The summed E-state index contributed by atoms with van der Waals surface area (Å²) in [6, 6.07) is 14.9. The number of sulfone groups is 1. The van der Waals surface area contributed by atoms with Gasteiger partial charge in [-0.25, -0.2) is 8.42 Å². The third kappa shape index (κ3) is 5.57. The van der Waals surface area contributed by atoms with E-state index in [4.69, 9.17) is 0 Å². The Hall–Kier alpha value is -1.86. The zero-order valence-electron chi connectivity index (χ0n) is 14.5. The van der Waals surface area contributed by atoms with Crippen molar-refractivity contribution in [3.63, 3.8) is 0 Å². The highest BCUT2D eigenvalue weighted by molar-refractivity contribution is 9.10. The maximum Gasteiger partial charge on any atom is 0.193 e. The molecule has 0 aliphatic rings. The predicted molar refractivity (Wildman–Crippen MR) is 105 cm³/mol. The van der Waals surface area contributed by atoms with Crippen LogP contribution in [-0.4, -0.2) is 39.6 Å². The molecule has 1 N–H and O–H groups in total. The number of hydrogen-bond acceptors (Lipinski definition) is 3. The molecule has 0 aliphatic heterocycles. The molecule has 0 radical (unpaired) electrons. The van der Waals surface area contributed by atoms with E-state index in [0.717, 1.165) is 16.0 Å². The SMILES string of the molecule is CN=C(NCc1ccc(S(C)(=O)=O)cc1)N(C)Cc1ccccc1Br. The molecule has 2 aromatic carbocycles. The van der Waals surface area contributed by atoms with Crippen LogP contribution in [-0.2, 0) is 22.9 Å². The van der Waals surface area contributed by atoms with Crippen LogP contribution in [0, 0.1) is 0 Å². The van der Waals surface area contributed by atoms with Crippen LogP contribution in [0.3, 0.4) is 0 Å². The maximum atomic E-state index is 11.5. The first-order chi connectivity index (χ1) is 11.8. The molecule has 0 bridgehead atoms. The topological polar surface area (TPSA) is 61.8 Å². The van der Waals surface area contributed by atoms with Gasteiger partial charge < -0.3 is 10.2 Å². The molecule has 0 fully saturated rings. The summed E-state index contributed by atoms with van der Waals surface area (Å²) in [6.07, 6.45) is 1.21. The van der Waals surface area contributed by atoms with Crippen molar-refractivity contribution in [1.29, 1.82) is 0 Å². The van der Waals surface area contributed by atoms with Gasteiger partial charge in [0.1, 0.15) is 0 Å². The molecule has 5 nitrogen and oxygen atoms in total. The summed E-state index contributed by atoms with van der Waals surface area (Å²) < 4.78 is 24.1. The number of benzene rings is 2. The van der Waals surface area contributed by atoms with Gasteiger partial charge in [0.2, 0.25) is 0 Å². The minimum Gasteiger partial charge on any atom is -0.352 e. The van der Waals surface area contributed by atoms with Gasteiger partial charge in [0.15, 0.2) is 15.8 Å². The van der Waals surface area contributed by atoms with Crippen LogP contribution >= 0.6 is 15.9 Å². The Labute approximate surface area is 157 Å². The van der Waals surface area contributed by atoms with Gasteiger partial charge in [-0.05, 0) is 29.3 Å². The molecule has 0 atom stereocenters. The van der Waals surface area contributed by atoms with Gasteiger partial charge in [-0.1, -0.05) is 46.3 Å². The van der Waals surface area contributed by atoms with Gasteiger partial charge in [0, 0.05) is 37.9 Å². The van der Waals surface area contributed by atoms with Gasteiger partial charge in [0.05, 0.1) is 4.90 Å². The minimum atomic E-state index is -3.16. The molecule has 2 aromatic rings. The van der Waals surface area contributed by atoms with Crippen LogP contribution in [0.15, 0.2) is 62.9 Å². The largest absolute Gasteiger partial charge is 0.352 e. The average Bonchev–Trinajstić information content (AvgIpc) is 2.57.